The zero-order valence-corrected chi connectivity index (χ0v) is 18.6. The minimum atomic E-state index is -0.0998. The van der Waals surface area contributed by atoms with Crippen molar-refractivity contribution in [3.8, 4) is 0 Å². The molecule has 0 saturated heterocycles. The van der Waals surface area contributed by atoms with Crippen molar-refractivity contribution in [2.75, 3.05) is 19.8 Å². The number of fused-ring (bicyclic) bond motifs is 1. The van der Waals surface area contributed by atoms with Crippen molar-refractivity contribution in [3.63, 3.8) is 0 Å². The second-order valence-electron chi connectivity index (χ2n) is 6.93. The highest BCUT2D eigenvalue weighted by Gasteiger charge is 2.12. The van der Waals surface area contributed by atoms with E-state index in [1.54, 1.807) is 18.0 Å². The van der Waals surface area contributed by atoms with Gasteiger partial charge in [0.25, 0.3) is 5.91 Å². The zero-order valence-electron chi connectivity index (χ0n) is 17.8. The summed E-state index contributed by atoms with van der Waals surface area (Å²) in [6.07, 6.45) is 7.43. The predicted molar refractivity (Wildman–Crippen MR) is 129 cm³/mol. The molecule has 1 amide bonds. The Labute approximate surface area is 191 Å². The van der Waals surface area contributed by atoms with Crippen LogP contribution in [0.4, 0.5) is 0 Å². The molecule has 2 heterocycles. The highest BCUT2D eigenvalue weighted by molar-refractivity contribution is 7.99. The standard InChI is InChI=1S/C25H24N4O2S/c1-2-31-16-14-27-25(30)22-8-3-4-9-24(22)32-21-11-10-19-18-28-29(23(19)17-21)15-12-20-7-5-6-13-26-20/h3-13,15,17-18H,2,14,16H2,1H3,(H,27,30)/b15-12-. The van der Waals surface area contributed by atoms with Crippen LogP contribution in [0.3, 0.4) is 0 Å². The molecule has 0 aliphatic carbocycles. The molecule has 32 heavy (non-hydrogen) atoms. The van der Waals surface area contributed by atoms with Crippen molar-refractivity contribution in [2.45, 2.75) is 16.7 Å². The van der Waals surface area contributed by atoms with E-state index in [0.29, 0.717) is 25.3 Å². The number of amides is 1. The molecule has 4 aromatic rings. The molecule has 0 atom stereocenters. The van der Waals surface area contributed by atoms with E-state index < -0.39 is 0 Å². The number of nitrogens with one attached hydrogen (secondary N) is 1. The normalized spacial score (nSPS) is 11.3. The van der Waals surface area contributed by atoms with Gasteiger partial charge in [-0.05, 0) is 49.4 Å². The summed E-state index contributed by atoms with van der Waals surface area (Å²) < 4.78 is 7.13. The topological polar surface area (TPSA) is 69.0 Å². The molecule has 4 rings (SSSR count). The van der Waals surface area contributed by atoms with Crippen LogP contribution in [0.1, 0.15) is 23.0 Å². The second kappa shape index (κ2) is 10.7. The highest BCUT2D eigenvalue weighted by atomic mass is 32.2. The Morgan fingerprint density at radius 1 is 1.16 bits per heavy atom. The van der Waals surface area contributed by atoms with Crippen molar-refractivity contribution in [2.24, 2.45) is 0 Å². The largest absolute Gasteiger partial charge is 0.380 e. The number of carbonyl (C=O) groups is 1. The fourth-order valence-corrected chi connectivity index (χ4v) is 4.15. The van der Waals surface area contributed by atoms with Crippen molar-refractivity contribution >= 4 is 40.8 Å². The van der Waals surface area contributed by atoms with Gasteiger partial charge in [0.1, 0.15) is 0 Å². The Morgan fingerprint density at radius 3 is 2.88 bits per heavy atom. The van der Waals surface area contributed by atoms with Crippen LogP contribution in [0.5, 0.6) is 0 Å². The van der Waals surface area contributed by atoms with Crippen LogP contribution in [0, 0.1) is 0 Å². The molecule has 0 aliphatic heterocycles. The van der Waals surface area contributed by atoms with Gasteiger partial charge in [-0.15, -0.1) is 0 Å². The zero-order chi connectivity index (χ0) is 22.2. The van der Waals surface area contributed by atoms with Gasteiger partial charge < -0.3 is 10.1 Å². The average Bonchev–Trinajstić information content (AvgIpc) is 3.23. The van der Waals surface area contributed by atoms with Crippen LogP contribution >= 0.6 is 11.8 Å². The van der Waals surface area contributed by atoms with E-state index in [-0.39, 0.29) is 5.91 Å². The van der Waals surface area contributed by atoms with Crippen LogP contribution in [0.25, 0.3) is 23.2 Å². The van der Waals surface area contributed by atoms with Gasteiger partial charge in [-0.3, -0.25) is 9.78 Å². The fourth-order valence-electron chi connectivity index (χ4n) is 3.17. The summed E-state index contributed by atoms with van der Waals surface area (Å²) in [6.45, 7) is 3.56. The maximum absolute atomic E-state index is 12.7. The van der Waals surface area contributed by atoms with Gasteiger partial charge in [-0.2, -0.15) is 5.10 Å². The van der Waals surface area contributed by atoms with Crippen LogP contribution in [-0.4, -0.2) is 40.4 Å². The summed E-state index contributed by atoms with van der Waals surface area (Å²) in [5.74, 6) is -0.0998. The molecule has 1 N–H and O–H groups in total. The smallest absolute Gasteiger partial charge is 0.252 e. The van der Waals surface area contributed by atoms with E-state index in [1.165, 1.54) is 0 Å². The molecule has 0 unspecified atom stereocenters. The Balaban J connectivity index is 1.54. The van der Waals surface area contributed by atoms with Gasteiger partial charge in [-0.25, -0.2) is 4.68 Å². The quantitative estimate of drug-likeness (QED) is 0.369. The third-order valence-electron chi connectivity index (χ3n) is 4.74. The molecule has 0 saturated carbocycles. The van der Waals surface area contributed by atoms with E-state index in [1.807, 2.05) is 84.7 Å². The third kappa shape index (κ3) is 5.43. The van der Waals surface area contributed by atoms with Crippen molar-refractivity contribution in [3.05, 3.63) is 84.3 Å². The Morgan fingerprint density at radius 2 is 2.03 bits per heavy atom. The highest BCUT2D eigenvalue weighted by Crippen LogP contribution is 2.32. The molecule has 0 aliphatic rings. The monoisotopic (exact) mass is 444 g/mol. The minimum absolute atomic E-state index is 0.0998. The summed E-state index contributed by atoms with van der Waals surface area (Å²) in [5, 5.41) is 8.43. The SMILES string of the molecule is CCOCCNC(=O)c1ccccc1Sc1ccc2cnn(/C=C\c3ccccn3)c2c1. The number of hydrogen-bond donors (Lipinski definition) is 1. The molecular formula is C25H24N4O2S. The van der Waals surface area contributed by atoms with Gasteiger partial charge in [0.05, 0.1) is 29.6 Å². The van der Waals surface area contributed by atoms with Crippen LogP contribution in [0.15, 0.2) is 82.8 Å². The number of hydrogen-bond acceptors (Lipinski definition) is 5. The first-order valence-electron chi connectivity index (χ1n) is 10.4. The van der Waals surface area contributed by atoms with E-state index in [0.717, 1.165) is 26.4 Å². The first-order chi connectivity index (χ1) is 15.7. The van der Waals surface area contributed by atoms with E-state index in [9.17, 15) is 4.79 Å². The predicted octanol–water partition coefficient (Wildman–Crippen LogP) is 4.98. The Hall–Kier alpha value is -3.42. The lowest BCUT2D eigenvalue weighted by molar-refractivity contribution is 0.0919. The third-order valence-corrected chi connectivity index (χ3v) is 5.81. The summed E-state index contributed by atoms with van der Waals surface area (Å²) in [5.41, 5.74) is 2.50. The molecule has 0 bridgehead atoms. The van der Waals surface area contributed by atoms with Crippen molar-refractivity contribution < 1.29 is 9.53 Å². The van der Waals surface area contributed by atoms with Gasteiger partial charge in [-0.1, -0.05) is 36.0 Å². The van der Waals surface area contributed by atoms with Gasteiger partial charge in [0.2, 0.25) is 0 Å². The number of ether oxygens (including phenoxy) is 1. The maximum atomic E-state index is 12.7. The molecule has 162 valence electrons. The van der Waals surface area contributed by atoms with E-state index in [4.69, 9.17) is 4.74 Å². The molecule has 7 heteroatoms. The number of nitrogens with zero attached hydrogens (tertiary/aromatic N) is 3. The molecule has 0 spiro atoms. The summed E-state index contributed by atoms with van der Waals surface area (Å²) in [4.78, 5) is 18.9. The first-order valence-corrected chi connectivity index (χ1v) is 11.3. The van der Waals surface area contributed by atoms with E-state index >= 15 is 0 Å². The molecule has 0 radical (unpaired) electrons. The number of carbonyl (C=O) groups excluding carboxylic acids is 1. The van der Waals surface area contributed by atoms with Gasteiger partial charge in [0, 0.05) is 40.7 Å². The summed E-state index contributed by atoms with van der Waals surface area (Å²) in [7, 11) is 0. The second-order valence-corrected chi connectivity index (χ2v) is 8.05. The maximum Gasteiger partial charge on any atom is 0.252 e. The lowest BCUT2D eigenvalue weighted by Gasteiger charge is -2.10. The van der Waals surface area contributed by atoms with Crippen LogP contribution in [0.2, 0.25) is 0 Å². The molecular weight excluding hydrogens is 420 g/mol. The number of rotatable bonds is 9. The van der Waals surface area contributed by atoms with Crippen LogP contribution in [-0.2, 0) is 4.74 Å². The molecule has 6 nitrogen and oxygen atoms in total. The lowest BCUT2D eigenvalue weighted by Crippen LogP contribution is -2.27. The Bertz CT molecular complexity index is 1220. The summed E-state index contributed by atoms with van der Waals surface area (Å²) in [6, 6.07) is 19.6. The molecule has 2 aromatic carbocycles. The van der Waals surface area contributed by atoms with Crippen molar-refractivity contribution in [1.82, 2.24) is 20.1 Å². The Kier molecular flexibility index (Phi) is 7.32. The van der Waals surface area contributed by atoms with Crippen LogP contribution < -0.4 is 5.32 Å². The summed E-state index contributed by atoms with van der Waals surface area (Å²) >= 11 is 1.56. The number of benzene rings is 2. The van der Waals surface area contributed by atoms with E-state index in [2.05, 4.69) is 21.5 Å². The van der Waals surface area contributed by atoms with Gasteiger partial charge in [0.15, 0.2) is 0 Å². The molecule has 2 aromatic heterocycles. The van der Waals surface area contributed by atoms with Crippen molar-refractivity contribution in [1.29, 1.82) is 0 Å². The minimum Gasteiger partial charge on any atom is -0.380 e. The average molecular weight is 445 g/mol. The fraction of sp³-hybridized carbons (Fsp3) is 0.160. The lowest BCUT2D eigenvalue weighted by atomic mass is 10.2. The number of pyridine rings is 1. The van der Waals surface area contributed by atoms with Gasteiger partial charge >= 0.3 is 0 Å². The first kappa shape index (κ1) is 21.8. The molecule has 0 fully saturated rings. The number of aromatic nitrogens is 3.